The number of carbonyl (C=O) groups is 4. The van der Waals surface area contributed by atoms with Gasteiger partial charge in [-0.2, -0.15) is 0 Å². The van der Waals surface area contributed by atoms with Crippen LogP contribution in [0.25, 0.3) is 0 Å². The van der Waals surface area contributed by atoms with Crippen molar-refractivity contribution in [1.29, 1.82) is 0 Å². The Bertz CT molecular complexity index is 837. The monoisotopic (exact) mass is 514 g/mol. The first-order chi connectivity index (χ1) is 16.5. The maximum Gasteiger partial charge on any atom is 0.328 e. The third-order valence-corrected chi connectivity index (χ3v) is 4.70. The van der Waals surface area contributed by atoms with Gasteiger partial charge in [-0.15, -0.1) is 0 Å². The van der Waals surface area contributed by atoms with Crippen LogP contribution in [0.2, 0.25) is 5.02 Å². The molecule has 1 aliphatic heterocycles. The Kier molecular flexibility index (Phi) is 16.2. The molecule has 0 bridgehead atoms. The first-order valence-corrected chi connectivity index (χ1v) is 11.0. The van der Waals surface area contributed by atoms with Crippen LogP contribution in [0, 0.1) is 5.92 Å². The van der Waals surface area contributed by atoms with E-state index in [0.717, 1.165) is 43.4 Å². The van der Waals surface area contributed by atoms with E-state index in [1.165, 1.54) is 12.0 Å². The number of nitrogens with two attached hydrogens (primary N) is 1. The molecule has 0 amide bonds. The lowest BCUT2D eigenvalue weighted by atomic mass is 10.1. The third kappa shape index (κ3) is 16.8. The molecular formula is C23H31ClN2O9. The maximum atomic E-state index is 9.55. The van der Waals surface area contributed by atoms with Crippen LogP contribution in [0.5, 0.6) is 5.75 Å². The second-order valence-corrected chi connectivity index (χ2v) is 7.58. The van der Waals surface area contributed by atoms with Crippen LogP contribution in [0.3, 0.4) is 0 Å². The fourth-order valence-corrected chi connectivity index (χ4v) is 3.11. The largest absolute Gasteiger partial charge is 0.494 e. The molecule has 1 aliphatic rings. The van der Waals surface area contributed by atoms with Gasteiger partial charge in [0.1, 0.15) is 5.75 Å². The van der Waals surface area contributed by atoms with E-state index in [2.05, 4.69) is 4.90 Å². The minimum absolute atomic E-state index is 0.558. The van der Waals surface area contributed by atoms with Gasteiger partial charge >= 0.3 is 23.9 Å². The molecule has 6 N–H and O–H groups in total. The van der Waals surface area contributed by atoms with E-state index in [-0.39, 0.29) is 0 Å². The van der Waals surface area contributed by atoms with Gasteiger partial charge in [0.25, 0.3) is 0 Å². The number of hydrogen-bond donors (Lipinski definition) is 5. The zero-order valence-electron chi connectivity index (χ0n) is 19.3. The lowest BCUT2D eigenvalue weighted by Crippen LogP contribution is -2.25. The van der Waals surface area contributed by atoms with Crippen molar-refractivity contribution in [1.82, 2.24) is 4.90 Å². The Labute approximate surface area is 208 Å². The molecule has 11 nitrogen and oxygen atoms in total. The summed E-state index contributed by atoms with van der Waals surface area (Å²) < 4.78 is 5.65. The number of hydrogen-bond acceptors (Lipinski definition) is 7. The molecular weight excluding hydrogens is 484 g/mol. The Morgan fingerprint density at radius 3 is 1.94 bits per heavy atom. The summed E-state index contributed by atoms with van der Waals surface area (Å²) in [6, 6.07) is 5.87. The molecule has 194 valence electrons. The molecule has 1 heterocycles. The lowest BCUT2D eigenvalue weighted by Gasteiger charge is -2.17. The van der Waals surface area contributed by atoms with Crippen molar-refractivity contribution in [3.05, 3.63) is 53.1 Å². The van der Waals surface area contributed by atoms with Crippen LogP contribution in [-0.4, -0.2) is 82.0 Å². The van der Waals surface area contributed by atoms with Crippen LogP contribution in [0.4, 0.5) is 0 Å². The summed E-state index contributed by atoms with van der Waals surface area (Å²) in [6.45, 7) is 6.83. The van der Waals surface area contributed by atoms with E-state index in [4.69, 9.17) is 42.5 Å². The van der Waals surface area contributed by atoms with Crippen LogP contribution in [0.1, 0.15) is 18.9 Å². The standard InChI is InChI=1S/C15H23ClN2O.2C4H4O4/c1-2-19-15-4-3-14(16)9-13(15)6-8-18-7-5-12(10-17)11-18;2*5-3(6)1-2-4(7)8/h3-4,9,12H,2,5-8,10-11,17H2,1H3;2*1-2H,(H,5,6)(H,7,8)/b;2*2-1+/t12-;;/m0../s1. The number of likely N-dealkylation sites (tertiary alicyclic amines) is 1. The molecule has 0 radical (unpaired) electrons. The van der Waals surface area contributed by atoms with Gasteiger partial charge in [0, 0.05) is 42.4 Å². The number of benzene rings is 1. The average Bonchev–Trinajstić information content (AvgIpc) is 3.25. The molecule has 0 aromatic heterocycles. The van der Waals surface area contributed by atoms with Crippen molar-refractivity contribution in [3.8, 4) is 5.75 Å². The van der Waals surface area contributed by atoms with Crippen LogP contribution < -0.4 is 10.5 Å². The summed E-state index contributed by atoms with van der Waals surface area (Å²) in [6.07, 6.45) is 4.44. The minimum atomic E-state index is -1.26. The number of halogens is 1. The Morgan fingerprint density at radius 1 is 1.03 bits per heavy atom. The maximum absolute atomic E-state index is 9.55. The number of carboxylic acid groups (broad SMARTS) is 4. The summed E-state index contributed by atoms with van der Waals surface area (Å²) in [7, 11) is 0. The van der Waals surface area contributed by atoms with Crippen molar-refractivity contribution in [3.63, 3.8) is 0 Å². The number of rotatable bonds is 10. The van der Waals surface area contributed by atoms with Gasteiger partial charge in [-0.3, -0.25) is 0 Å². The van der Waals surface area contributed by atoms with Crippen molar-refractivity contribution in [2.24, 2.45) is 11.7 Å². The number of aliphatic carboxylic acids is 4. The first-order valence-electron chi connectivity index (χ1n) is 10.6. The fraction of sp³-hybridized carbons (Fsp3) is 0.391. The zero-order valence-corrected chi connectivity index (χ0v) is 20.1. The Balaban J connectivity index is 0.000000601. The number of carboxylic acids is 4. The summed E-state index contributed by atoms with van der Waals surface area (Å²) >= 11 is 6.07. The number of ether oxygens (including phenoxy) is 1. The van der Waals surface area contributed by atoms with E-state index in [0.29, 0.717) is 36.8 Å². The highest BCUT2D eigenvalue weighted by molar-refractivity contribution is 6.30. The summed E-state index contributed by atoms with van der Waals surface area (Å²) in [5, 5.41) is 32.0. The number of nitrogens with zero attached hydrogens (tertiary/aromatic N) is 1. The highest BCUT2D eigenvalue weighted by Gasteiger charge is 2.21. The normalized spacial score (nSPS) is 15.1. The summed E-state index contributed by atoms with van der Waals surface area (Å²) in [5.74, 6) is -3.40. The Morgan fingerprint density at radius 2 is 1.54 bits per heavy atom. The molecule has 1 atom stereocenters. The topological polar surface area (TPSA) is 188 Å². The van der Waals surface area contributed by atoms with Crippen molar-refractivity contribution >= 4 is 35.5 Å². The summed E-state index contributed by atoms with van der Waals surface area (Å²) in [5.41, 5.74) is 6.92. The Hall–Kier alpha value is -3.41. The molecule has 1 aromatic carbocycles. The molecule has 12 heteroatoms. The average molecular weight is 515 g/mol. The predicted octanol–water partition coefficient (Wildman–Crippen LogP) is 1.99. The SMILES string of the molecule is CCOc1ccc(Cl)cc1CCN1CC[C@@H](CN)C1.O=C(O)/C=C/C(=O)O.O=C(O)/C=C/C(=O)O. The molecule has 0 aliphatic carbocycles. The molecule has 0 saturated carbocycles. The van der Waals surface area contributed by atoms with Gasteiger partial charge in [-0.05, 0) is 62.5 Å². The fourth-order valence-electron chi connectivity index (χ4n) is 2.91. The van der Waals surface area contributed by atoms with Gasteiger partial charge in [-0.25, -0.2) is 19.2 Å². The molecule has 1 saturated heterocycles. The van der Waals surface area contributed by atoms with Crippen LogP contribution in [0.15, 0.2) is 42.5 Å². The highest BCUT2D eigenvalue weighted by Crippen LogP contribution is 2.24. The van der Waals surface area contributed by atoms with E-state index in [1.807, 2.05) is 25.1 Å². The van der Waals surface area contributed by atoms with Gasteiger partial charge in [0.2, 0.25) is 0 Å². The van der Waals surface area contributed by atoms with Crippen molar-refractivity contribution < 1.29 is 44.3 Å². The zero-order chi connectivity index (χ0) is 26.8. The van der Waals surface area contributed by atoms with Crippen LogP contribution >= 0.6 is 11.6 Å². The second kappa shape index (κ2) is 18.0. The highest BCUT2D eigenvalue weighted by atomic mass is 35.5. The minimum Gasteiger partial charge on any atom is -0.494 e. The molecule has 1 aromatic rings. The smallest absolute Gasteiger partial charge is 0.328 e. The third-order valence-electron chi connectivity index (χ3n) is 4.46. The lowest BCUT2D eigenvalue weighted by molar-refractivity contribution is -0.134. The molecule has 0 spiro atoms. The van der Waals surface area contributed by atoms with Crippen molar-refractivity contribution in [2.75, 3.05) is 32.8 Å². The van der Waals surface area contributed by atoms with Gasteiger partial charge < -0.3 is 35.8 Å². The molecule has 0 unspecified atom stereocenters. The van der Waals surface area contributed by atoms with E-state index >= 15 is 0 Å². The van der Waals surface area contributed by atoms with Gasteiger partial charge in [0.05, 0.1) is 6.61 Å². The molecule has 35 heavy (non-hydrogen) atoms. The predicted molar refractivity (Wildman–Crippen MR) is 129 cm³/mol. The van der Waals surface area contributed by atoms with E-state index < -0.39 is 23.9 Å². The van der Waals surface area contributed by atoms with Gasteiger partial charge in [0.15, 0.2) is 0 Å². The molecule has 2 rings (SSSR count). The first kappa shape index (κ1) is 31.6. The second-order valence-electron chi connectivity index (χ2n) is 7.15. The van der Waals surface area contributed by atoms with Crippen molar-refractivity contribution in [2.45, 2.75) is 19.8 Å². The summed E-state index contributed by atoms with van der Waals surface area (Å²) in [4.78, 5) is 40.7. The molecule has 1 fully saturated rings. The van der Waals surface area contributed by atoms with Gasteiger partial charge in [-0.1, -0.05) is 11.6 Å². The van der Waals surface area contributed by atoms with E-state index in [9.17, 15) is 19.2 Å². The van der Waals surface area contributed by atoms with Crippen LogP contribution in [-0.2, 0) is 25.6 Å². The quantitative estimate of drug-likeness (QED) is 0.287. The van der Waals surface area contributed by atoms with E-state index in [1.54, 1.807) is 0 Å².